The number of benzene rings is 2. The van der Waals surface area contributed by atoms with Crippen LogP contribution in [-0.4, -0.2) is 62.8 Å². The van der Waals surface area contributed by atoms with Crippen LogP contribution in [-0.2, 0) is 16.6 Å². The molecule has 5 rings (SSSR count). The number of aromatic amines is 1. The first-order chi connectivity index (χ1) is 18.2. The van der Waals surface area contributed by atoms with Gasteiger partial charge in [-0.1, -0.05) is 35.3 Å². The zero-order valence-corrected chi connectivity index (χ0v) is 21.7. The van der Waals surface area contributed by atoms with Crippen molar-refractivity contribution in [2.24, 2.45) is 12.8 Å². The van der Waals surface area contributed by atoms with Crippen LogP contribution in [0.3, 0.4) is 0 Å². The molecule has 11 nitrogen and oxygen atoms in total. The zero-order chi connectivity index (χ0) is 27.4. The Hall–Kier alpha value is -4.06. The number of hydrogen-bond acceptors (Lipinski definition) is 6. The highest BCUT2D eigenvalue weighted by molar-refractivity contribution is 6.39. The van der Waals surface area contributed by atoms with Crippen molar-refractivity contribution in [2.75, 3.05) is 31.6 Å². The van der Waals surface area contributed by atoms with E-state index in [9.17, 15) is 14.4 Å². The van der Waals surface area contributed by atoms with Gasteiger partial charge in [-0.25, -0.2) is 14.6 Å². The van der Waals surface area contributed by atoms with Crippen molar-refractivity contribution in [1.29, 1.82) is 0 Å². The number of morpholine rings is 1. The third kappa shape index (κ3) is 5.91. The van der Waals surface area contributed by atoms with Crippen molar-refractivity contribution in [3.05, 3.63) is 68.6 Å². The van der Waals surface area contributed by atoms with Crippen molar-refractivity contribution >= 4 is 74.7 Å². The Kier molecular flexibility index (Phi) is 8.20. The normalized spacial score (nSPS) is 13.5. The summed E-state index contributed by atoms with van der Waals surface area (Å²) in [5.74, 6) is -0.626. The second-order valence-electron chi connectivity index (χ2n) is 8.28. The average molecular weight is 559 g/mol. The summed E-state index contributed by atoms with van der Waals surface area (Å²) in [5, 5.41) is 13.9. The molecule has 2 aromatic carbocycles. The summed E-state index contributed by atoms with van der Waals surface area (Å²) < 4.78 is 6.75. The first kappa shape index (κ1) is 27.0. The minimum absolute atomic E-state index is 0.344. The van der Waals surface area contributed by atoms with Gasteiger partial charge in [-0.3, -0.25) is 4.79 Å². The molecule has 0 radical (unpaired) electrons. The Morgan fingerprint density at radius 1 is 1.18 bits per heavy atom. The number of carboxylic acids is 1. The molecule has 13 heteroatoms. The van der Waals surface area contributed by atoms with Gasteiger partial charge in [0.15, 0.2) is 0 Å². The molecule has 0 saturated carbocycles. The van der Waals surface area contributed by atoms with Crippen molar-refractivity contribution in [3.8, 4) is 0 Å². The van der Waals surface area contributed by atoms with E-state index in [-0.39, 0.29) is 11.6 Å². The van der Waals surface area contributed by atoms with Gasteiger partial charge in [-0.05, 0) is 35.7 Å². The maximum absolute atomic E-state index is 12.7. The number of anilines is 2. The maximum atomic E-state index is 12.7. The van der Waals surface area contributed by atoms with Crippen molar-refractivity contribution in [1.82, 2.24) is 19.4 Å². The summed E-state index contributed by atoms with van der Waals surface area (Å²) in [4.78, 5) is 42.7. The summed E-state index contributed by atoms with van der Waals surface area (Å²) >= 11 is 12.5. The number of carboxylic acid groups (broad SMARTS) is 1. The van der Waals surface area contributed by atoms with Crippen LogP contribution in [0, 0.1) is 0 Å². The first-order valence-electron chi connectivity index (χ1n) is 11.4. The molecule has 3 heterocycles. The zero-order valence-electron chi connectivity index (χ0n) is 20.2. The van der Waals surface area contributed by atoms with Crippen LogP contribution in [0.4, 0.5) is 16.4 Å². The number of rotatable bonds is 4. The van der Waals surface area contributed by atoms with Crippen molar-refractivity contribution in [2.45, 2.75) is 0 Å². The fraction of sp³-hybridized carbons (Fsp3) is 0.200. The molecular formula is C25H24Cl2N6O5. The van der Waals surface area contributed by atoms with Crippen LogP contribution >= 0.6 is 23.2 Å². The largest absolute Gasteiger partial charge is 0.478 e. The Labute approximate surface area is 226 Å². The molecule has 1 aliphatic rings. The second-order valence-corrected chi connectivity index (χ2v) is 9.09. The molecule has 0 atom stereocenters. The van der Waals surface area contributed by atoms with Gasteiger partial charge in [0.2, 0.25) is 5.95 Å². The lowest BCUT2D eigenvalue weighted by Gasteiger charge is -2.24. The highest BCUT2D eigenvalue weighted by atomic mass is 35.5. The number of fused-ring (bicyclic) bond motifs is 3. The minimum atomic E-state index is -1.10. The highest BCUT2D eigenvalue weighted by Gasteiger charge is 2.16. The standard InChI is InChI=1S/C20H14Cl2N4O3.C5H10N2O2/c1-26-18-14(24-20(26)25-17-12(21)3-2-4-13(17)22)7-5-10-9-11(6-8-15(27)28)23-19(29)16(10)18;6-5(8)7-1-3-9-4-2-7/h2-9H,1H3,(H,23,29)(H,24,25)(H,27,28);1-4H2,(H2,6,8). The van der Waals surface area contributed by atoms with E-state index in [0.717, 1.165) is 6.08 Å². The molecule has 2 aromatic heterocycles. The summed E-state index contributed by atoms with van der Waals surface area (Å²) in [5.41, 5.74) is 6.82. The number of nitrogens with one attached hydrogen (secondary N) is 2. The lowest BCUT2D eigenvalue weighted by atomic mass is 10.1. The van der Waals surface area contributed by atoms with Crippen LogP contribution < -0.4 is 16.6 Å². The number of nitrogens with two attached hydrogens (primary N) is 1. The lowest BCUT2D eigenvalue weighted by molar-refractivity contribution is -0.131. The lowest BCUT2D eigenvalue weighted by Crippen LogP contribution is -2.43. The Morgan fingerprint density at radius 2 is 1.87 bits per heavy atom. The molecule has 38 heavy (non-hydrogen) atoms. The molecule has 1 aliphatic heterocycles. The fourth-order valence-electron chi connectivity index (χ4n) is 3.95. The molecule has 1 saturated heterocycles. The number of aromatic nitrogens is 3. The van der Waals surface area contributed by atoms with Crippen LogP contribution in [0.5, 0.6) is 0 Å². The molecule has 0 unspecified atom stereocenters. The summed E-state index contributed by atoms with van der Waals surface area (Å²) in [7, 11) is 1.78. The SMILES string of the molecule is Cn1c(Nc2c(Cl)cccc2Cl)nc2ccc3cc(C=CC(=O)O)[nH]c(=O)c3c21.NC(=O)N1CCOCC1. The number of halogens is 2. The number of carbonyl (C=O) groups is 2. The van der Waals surface area contributed by atoms with E-state index in [2.05, 4.69) is 15.3 Å². The monoisotopic (exact) mass is 558 g/mol. The van der Waals surface area contributed by atoms with Gasteiger partial charge < -0.3 is 35.3 Å². The van der Waals surface area contributed by atoms with Gasteiger partial charge in [-0.15, -0.1) is 0 Å². The molecule has 198 valence electrons. The molecule has 0 spiro atoms. The molecule has 0 aliphatic carbocycles. The third-order valence-electron chi connectivity index (χ3n) is 5.79. The molecule has 4 aromatic rings. The summed E-state index contributed by atoms with van der Waals surface area (Å²) in [6.07, 6.45) is 2.30. The Balaban J connectivity index is 0.000000317. The fourth-order valence-corrected chi connectivity index (χ4v) is 4.44. The number of aliphatic carboxylic acids is 1. The molecular weight excluding hydrogens is 535 g/mol. The van der Waals surface area contributed by atoms with E-state index < -0.39 is 5.97 Å². The third-order valence-corrected chi connectivity index (χ3v) is 6.42. The van der Waals surface area contributed by atoms with Crippen molar-refractivity contribution < 1.29 is 19.4 Å². The smallest absolute Gasteiger partial charge is 0.328 e. The van der Waals surface area contributed by atoms with Crippen molar-refractivity contribution in [3.63, 3.8) is 0 Å². The second kappa shape index (κ2) is 11.5. The predicted molar refractivity (Wildman–Crippen MR) is 147 cm³/mol. The van der Waals surface area contributed by atoms with Crippen LogP contribution in [0.15, 0.2) is 47.3 Å². The number of H-pyrrole nitrogens is 1. The van der Waals surface area contributed by atoms with E-state index in [1.807, 2.05) is 0 Å². The number of imidazole rings is 1. The molecule has 5 N–H and O–H groups in total. The van der Waals surface area contributed by atoms with Gasteiger partial charge >= 0.3 is 12.0 Å². The number of ether oxygens (including phenoxy) is 1. The number of para-hydroxylation sites is 1. The van der Waals surface area contributed by atoms with Crippen LogP contribution in [0.2, 0.25) is 10.0 Å². The van der Waals surface area contributed by atoms with Gasteiger partial charge in [-0.2, -0.15) is 0 Å². The number of nitrogens with zero attached hydrogens (tertiary/aromatic N) is 3. The molecule has 2 amide bonds. The Morgan fingerprint density at radius 3 is 2.47 bits per heavy atom. The summed E-state index contributed by atoms with van der Waals surface area (Å²) in [6.45, 7) is 2.50. The summed E-state index contributed by atoms with van der Waals surface area (Å²) in [6, 6.07) is 10.1. The number of amides is 2. The van der Waals surface area contributed by atoms with Gasteiger partial charge in [0.1, 0.15) is 0 Å². The van der Waals surface area contributed by atoms with Gasteiger partial charge in [0, 0.05) is 31.9 Å². The molecule has 1 fully saturated rings. The van der Waals surface area contributed by atoms with Gasteiger partial charge in [0.25, 0.3) is 5.56 Å². The van der Waals surface area contributed by atoms with Crippen LogP contribution in [0.1, 0.15) is 5.69 Å². The number of aryl methyl sites for hydroxylation is 1. The predicted octanol–water partition coefficient (Wildman–Crippen LogP) is 3.96. The van der Waals surface area contributed by atoms with E-state index in [4.69, 9.17) is 38.8 Å². The average Bonchev–Trinajstić information content (AvgIpc) is 3.21. The highest BCUT2D eigenvalue weighted by Crippen LogP contribution is 2.34. The first-order valence-corrected chi connectivity index (χ1v) is 12.2. The number of primary amides is 1. The van der Waals surface area contributed by atoms with E-state index in [0.29, 0.717) is 75.5 Å². The molecule has 0 bridgehead atoms. The van der Waals surface area contributed by atoms with Crippen LogP contribution in [0.25, 0.3) is 27.9 Å². The van der Waals surface area contributed by atoms with E-state index >= 15 is 0 Å². The minimum Gasteiger partial charge on any atom is -0.478 e. The number of urea groups is 1. The number of carbonyl (C=O) groups excluding carboxylic acids is 1. The maximum Gasteiger partial charge on any atom is 0.328 e. The van der Waals surface area contributed by atoms with E-state index in [1.165, 1.54) is 6.08 Å². The van der Waals surface area contributed by atoms with E-state index in [1.54, 1.807) is 52.9 Å². The number of hydrogen-bond donors (Lipinski definition) is 4. The number of pyridine rings is 1. The van der Waals surface area contributed by atoms with Gasteiger partial charge in [0.05, 0.1) is 45.4 Å². The quantitative estimate of drug-likeness (QED) is 0.276. The topological polar surface area (TPSA) is 156 Å². The Bertz CT molecular complexity index is 1590.